The van der Waals surface area contributed by atoms with Gasteiger partial charge in [0, 0.05) is 11.1 Å². The van der Waals surface area contributed by atoms with E-state index >= 15 is 0 Å². The number of esters is 2. The van der Waals surface area contributed by atoms with Crippen molar-refractivity contribution in [1.29, 1.82) is 0 Å². The van der Waals surface area contributed by atoms with Gasteiger partial charge < -0.3 is 14.2 Å². The number of rotatable bonds is 9. The molecule has 0 heterocycles. The number of hydrogen-bond donors (Lipinski definition) is 0. The van der Waals surface area contributed by atoms with Crippen LogP contribution in [0.25, 0.3) is 0 Å². The van der Waals surface area contributed by atoms with Crippen molar-refractivity contribution < 1.29 is 23.8 Å². The Bertz CT molecular complexity index is 408. The van der Waals surface area contributed by atoms with Crippen molar-refractivity contribution in [2.45, 2.75) is 26.9 Å². The first-order valence-electron chi connectivity index (χ1n) is 6.15. The van der Waals surface area contributed by atoms with Crippen LogP contribution < -0.4 is 0 Å². The molecule has 0 bridgehead atoms. The fourth-order valence-electron chi connectivity index (χ4n) is 1.02. The molecule has 0 saturated heterocycles. The van der Waals surface area contributed by atoms with Crippen LogP contribution in [0.15, 0.2) is 36.5 Å². The molecule has 0 saturated carbocycles. The minimum Gasteiger partial charge on any atom is -0.458 e. The summed E-state index contributed by atoms with van der Waals surface area (Å²) in [5.74, 6) is -1.10. The smallest absolute Gasteiger partial charge is 0.333 e. The normalized spacial score (nSPS) is 11.3. The van der Waals surface area contributed by atoms with E-state index in [0.29, 0.717) is 6.61 Å². The zero-order valence-electron chi connectivity index (χ0n) is 12.4. The maximum atomic E-state index is 11.5. The van der Waals surface area contributed by atoms with Gasteiger partial charge in [0.05, 0.1) is 13.2 Å². The Kier molecular flexibility index (Phi) is 8.24. The summed E-state index contributed by atoms with van der Waals surface area (Å²) in [7, 11) is 0. The van der Waals surface area contributed by atoms with E-state index in [-0.39, 0.29) is 24.4 Å². The highest BCUT2D eigenvalue weighted by Crippen LogP contribution is 2.03. The standard InChI is InChI=1S/C15H22O5/c1-10(2)7-18-8-13(20-15(17)12(5)6)9-19-14(16)11(3)4/h13H,1,3,5,7-9H2,2,4,6H3. The molecule has 0 aromatic carbocycles. The van der Waals surface area contributed by atoms with Crippen LogP contribution in [0.5, 0.6) is 0 Å². The number of hydrogen-bond acceptors (Lipinski definition) is 5. The number of carbonyl (C=O) groups excluding carboxylic acids is 2. The third-order valence-corrected chi connectivity index (χ3v) is 2.02. The van der Waals surface area contributed by atoms with Crippen LogP contribution in [0, 0.1) is 0 Å². The lowest BCUT2D eigenvalue weighted by atomic mass is 10.3. The zero-order valence-corrected chi connectivity index (χ0v) is 12.4. The number of carbonyl (C=O) groups is 2. The third-order valence-electron chi connectivity index (χ3n) is 2.02. The van der Waals surface area contributed by atoms with E-state index in [2.05, 4.69) is 19.7 Å². The molecule has 5 nitrogen and oxygen atoms in total. The predicted molar refractivity (Wildman–Crippen MR) is 76.1 cm³/mol. The summed E-state index contributed by atoms with van der Waals surface area (Å²) in [4.78, 5) is 22.8. The van der Waals surface area contributed by atoms with Crippen LogP contribution in [0.1, 0.15) is 20.8 Å². The number of ether oxygens (including phenoxy) is 3. The molecule has 0 amide bonds. The average molecular weight is 282 g/mol. The van der Waals surface area contributed by atoms with Crippen LogP contribution in [0.3, 0.4) is 0 Å². The maximum absolute atomic E-state index is 11.5. The van der Waals surface area contributed by atoms with E-state index in [4.69, 9.17) is 14.2 Å². The van der Waals surface area contributed by atoms with E-state index in [1.807, 2.05) is 6.92 Å². The lowest BCUT2D eigenvalue weighted by Gasteiger charge is -2.18. The molecule has 20 heavy (non-hydrogen) atoms. The van der Waals surface area contributed by atoms with Crippen LogP contribution in [0.2, 0.25) is 0 Å². The summed E-state index contributed by atoms with van der Waals surface area (Å²) in [6, 6.07) is 0. The fourth-order valence-corrected chi connectivity index (χ4v) is 1.02. The third kappa shape index (κ3) is 8.26. The Morgan fingerprint density at radius 2 is 1.50 bits per heavy atom. The predicted octanol–water partition coefficient (Wildman–Crippen LogP) is 2.19. The Morgan fingerprint density at radius 1 is 0.950 bits per heavy atom. The highest BCUT2D eigenvalue weighted by atomic mass is 16.6. The van der Waals surface area contributed by atoms with Crippen molar-refractivity contribution in [2.75, 3.05) is 19.8 Å². The Labute approximate surface area is 119 Å². The van der Waals surface area contributed by atoms with Crippen LogP contribution in [-0.2, 0) is 23.8 Å². The lowest BCUT2D eigenvalue weighted by molar-refractivity contribution is -0.157. The summed E-state index contributed by atoms with van der Waals surface area (Å²) < 4.78 is 15.4. The largest absolute Gasteiger partial charge is 0.458 e. The molecule has 1 atom stereocenters. The van der Waals surface area contributed by atoms with E-state index < -0.39 is 18.0 Å². The summed E-state index contributed by atoms with van der Waals surface area (Å²) >= 11 is 0. The van der Waals surface area contributed by atoms with Crippen LogP contribution in [0.4, 0.5) is 0 Å². The first kappa shape index (κ1) is 18.1. The van der Waals surface area contributed by atoms with E-state index in [1.54, 1.807) is 0 Å². The molecule has 0 fully saturated rings. The average Bonchev–Trinajstić information content (AvgIpc) is 2.34. The van der Waals surface area contributed by atoms with E-state index in [9.17, 15) is 9.59 Å². The van der Waals surface area contributed by atoms with E-state index in [1.165, 1.54) is 13.8 Å². The molecule has 0 aliphatic rings. The van der Waals surface area contributed by atoms with E-state index in [0.717, 1.165) is 5.57 Å². The summed E-state index contributed by atoms with van der Waals surface area (Å²) in [6.07, 6.45) is -0.693. The first-order valence-corrected chi connectivity index (χ1v) is 6.15. The second-order valence-electron chi connectivity index (χ2n) is 4.66. The molecular formula is C15H22O5. The topological polar surface area (TPSA) is 61.8 Å². The highest BCUT2D eigenvalue weighted by molar-refractivity contribution is 5.87. The first-order chi connectivity index (χ1) is 9.23. The van der Waals surface area contributed by atoms with Crippen molar-refractivity contribution >= 4 is 11.9 Å². The van der Waals surface area contributed by atoms with Crippen molar-refractivity contribution in [3.8, 4) is 0 Å². The molecule has 5 heteroatoms. The zero-order chi connectivity index (χ0) is 15.7. The van der Waals surface area contributed by atoms with Gasteiger partial charge in [0.2, 0.25) is 0 Å². The second-order valence-corrected chi connectivity index (χ2v) is 4.66. The molecule has 0 spiro atoms. The lowest BCUT2D eigenvalue weighted by Crippen LogP contribution is -2.30. The summed E-state index contributed by atoms with van der Waals surface area (Å²) in [5.41, 5.74) is 1.38. The van der Waals surface area contributed by atoms with Crippen molar-refractivity contribution in [2.24, 2.45) is 0 Å². The van der Waals surface area contributed by atoms with Crippen molar-refractivity contribution in [3.63, 3.8) is 0 Å². The second kappa shape index (κ2) is 9.09. The van der Waals surface area contributed by atoms with Gasteiger partial charge in [-0.05, 0) is 20.8 Å². The van der Waals surface area contributed by atoms with Crippen LogP contribution in [-0.4, -0.2) is 37.9 Å². The Morgan fingerprint density at radius 3 is 1.95 bits per heavy atom. The monoisotopic (exact) mass is 282 g/mol. The fraction of sp³-hybridized carbons (Fsp3) is 0.467. The SMILES string of the molecule is C=C(C)COCC(COC(=O)C(=C)C)OC(=O)C(=C)C. The van der Waals surface area contributed by atoms with Gasteiger partial charge in [-0.25, -0.2) is 9.59 Å². The van der Waals surface area contributed by atoms with Gasteiger partial charge in [-0.1, -0.05) is 25.3 Å². The molecule has 0 rings (SSSR count). The van der Waals surface area contributed by atoms with Gasteiger partial charge in [-0.3, -0.25) is 0 Å². The maximum Gasteiger partial charge on any atom is 0.333 e. The molecule has 0 aromatic heterocycles. The quantitative estimate of drug-likeness (QED) is 0.368. The van der Waals surface area contributed by atoms with Crippen molar-refractivity contribution in [1.82, 2.24) is 0 Å². The van der Waals surface area contributed by atoms with Gasteiger partial charge in [0.25, 0.3) is 0 Å². The molecule has 0 aromatic rings. The molecule has 1 unspecified atom stereocenters. The van der Waals surface area contributed by atoms with Gasteiger partial charge in [-0.2, -0.15) is 0 Å². The highest BCUT2D eigenvalue weighted by Gasteiger charge is 2.18. The molecule has 112 valence electrons. The van der Waals surface area contributed by atoms with Crippen LogP contribution >= 0.6 is 0 Å². The molecule has 0 aliphatic heterocycles. The minimum atomic E-state index is -0.693. The van der Waals surface area contributed by atoms with Gasteiger partial charge in [0.15, 0.2) is 6.10 Å². The summed E-state index contributed by atoms with van der Waals surface area (Å²) in [5, 5.41) is 0. The molecule has 0 radical (unpaired) electrons. The minimum absolute atomic E-state index is 0.0963. The van der Waals surface area contributed by atoms with Crippen molar-refractivity contribution in [3.05, 3.63) is 36.5 Å². The van der Waals surface area contributed by atoms with Gasteiger partial charge >= 0.3 is 11.9 Å². The molecular weight excluding hydrogens is 260 g/mol. The molecule has 0 N–H and O–H groups in total. The Balaban J connectivity index is 4.41. The molecule has 0 aliphatic carbocycles. The Hall–Kier alpha value is -1.88. The van der Waals surface area contributed by atoms with Gasteiger partial charge in [0.1, 0.15) is 6.61 Å². The summed E-state index contributed by atoms with van der Waals surface area (Å²) in [6.45, 7) is 15.9. The van der Waals surface area contributed by atoms with Gasteiger partial charge in [-0.15, -0.1) is 0 Å².